The Morgan fingerprint density at radius 1 is 1.75 bits per heavy atom. The third-order valence-corrected chi connectivity index (χ3v) is 2.80. The quantitative estimate of drug-likeness (QED) is 0.602. The Morgan fingerprint density at radius 2 is 2.58 bits per heavy atom. The zero-order valence-electron chi connectivity index (χ0n) is 7.33. The first-order chi connectivity index (χ1) is 5.83. The molecule has 1 fully saturated rings. The van der Waals surface area contributed by atoms with Gasteiger partial charge in [0, 0.05) is 12.0 Å². The number of rotatable bonds is 2. The van der Waals surface area contributed by atoms with Crippen LogP contribution < -0.4 is 5.32 Å². The molecule has 66 valence electrons. The summed E-state index contributed by atoms with van der Waals surface area (Å²) in [6.45, 7) is 2.02. The molecule has 0 radical (unpaired) electrons. The predicted octanol–water partition coefficient (Wildman–Crippen LogP) is 1.19. The minimum absolute atomic E-state index is 0.319. The van der Waals surface area contributed by atoms with Gasteiger partial charge in [-0.1, -0.05) is 18.2 Å². The smallest absolute Gasteiger partial charge is 0.112 e. The second kappa shape index (κ2) is 3.04. The van der Waals surface area contributed by atoms with E-state index >= 15 is 0 Å². The Kier molecular flexibility index (Phi) is 2.03. The van der Waals surface area contributed by atoms with Gasteiger partial charge in [-0.05, 0) is 25.3 Å². The molecule has 2 unspecified atom stereocenters. The van der Waals surface area contributed by atoms with Crippen molar-refractivity contribution in [2.75, 3.05) is 0 Å². The summed E-state index contributed by atoms with van der Waals surface area (Å²) in [4.78, 5) is 0. The molecule has 0 amide bonds. The molecule has 12 heavy (non-hydrogen) atoms. The average molecular weight is 165 g/mol. The molecule has 1 aliphatic heterocycles. The lowest BCUT2D eigenvalue weighted by Gasteiger charge is -2.21. The number of aliphatic hydroxyl groups excluding tert-OH is 1. The van der Waals surface area contributed by atoms with E-state index in [9.17, 15) is 5.11 Å². The summed E-state index contributed by atoms with van der Waals surface area (Å²) in [7, 11) is 0. The zero-order chi connectivity index (χ0) is 8.55. The van der Waals surface area contributed by atoms with Crippen LogP contribution in [0.4, 0.5) is 0 Å². The minimum atomic E-state index is -0.319. The lowest BCUT2D eigenvalue weighted by Crippen LogP contribution is -2.32. The third kappa shape index (κ3) is 1.11. The number of hydrogen-bond acceptors (Lipinski definition) is 2. The van der Waals surface area contributed by atoms with Gasteiger partial charge in [0.15, 0.2) is 0 Å². The van der Waals surface area contributed by atoms with E-state index in [-0.39, 0.29) is 6.23 Å². The van der Waals surface area contributed by atoms with Crippen LogP contribution >= 0.6 is 0 Å². The first-order valence-electron chi connectivity index (χ1n) is 4.58. The molecule has 3 atom stereocenters. The van der Waals surface area contributed by atoms with Gasteiger partial charge >= 0.3 is 0 Å². The molecule has 2 nitrogen and oxygen atoms in total. The van der Waals surface area contributed by atoms with Crippen molar-refractivity contribution in [1.29, 1.82) is 0 Å². The van der Waals surface area contributed by atoms with Crippen molar-refractivity contribution >= 4 is 0 Å². The van der Waals surface area contributed by atoms with Gasteiger partial charge in [-0.15, -0.1) is 0 Å². The van der Waals surface area contributed by atoms with Crippen LogP contribution in [0.1, 0.15) is 19.8 Å². The summed E-state index contributed by atoms with van der Waals surface area (Å²) in [5.41, 5.74) is 1.42. The van der Waals surface area contributed by atoms with Crippen LogP contribution in [-0.4, -0.2) is 17.4 Å². The molecule has 2 N–H and O–H groups in total. The van der Waals surface area contributed by atoms with E-state index in [2.05, 4.69) is 17.5 Å². The van der Waals surface area contributed by atoms with E-state index in [4.69, 9.17) is 0 Å². The van der Waals surface area contributed by atoms with Gasteiger partial charge in [-0.3, -0.25) is 5.32 Å². The summed E-state index contributed by atoms with van der Waals surface area (Å²) in [6, 6.07) is 0.482. The summed E-state index contributed by atoms with van der Waals surface area (Å²) in [5, 5.41) is 12.8. The van der Waals surface area contributed by atoms with E-state index < -0.39 is 0 Å². The SMILES string of the molecule is C/C=C\CC1C2=CC[C@H]2NC1O. The van der Waals surface area contributed by atoms with Crippen LogP contribution in [0.25, 0.3) is 0 Å². The molecule has 0 bridgehead atoms. The molecule has 1 heterocycles. The number of hydrogen-bond donors (Lipinski definition) is 2. The van der Waals surface area contributed by atoms with E-state index in [1.54, 1.807) is 0 Å². The van der Waals surface area contributed by atoms with Crippen LogP contribution in [0.5, 0.6) is 0 Å². The van der Waals surface area contributed by atoms with Gasteiger partial charge in [0.25, 0.3) is 0 Å². The van der Waals surface area contributed by atoms with Gasteiger partial charge in [0.1, 0.15) is 6.23 Å². The predicted molar refractivity (Wildman–Crippen MR) is 48.6 cm³/mol. The van der Waals surface area contributed by atoms with Crippen LogP contribution in [0.2, 0.25) is 0 Å². The second-order valence-electron chi connectivity index (χ2n) is 3.52. The van der Waals surface area contributed by atoms with Gasteiger partial charge < -0.3 is 5.11 Å². The van der Waals surface area contributed by atoms with Crippen molar-refractivity contribution in [3.05, 3.63) is 23.8 Å². The van der Waals surface area contributed by atoms with Crippen LogP contribution in [0.3, 0.4) is 0 Å². The Hall–Kier alpha value is -0.600. The van der Waals surface area contributed by atoms with Crippen molar-refractivity contribution in [3.63, 3.8) is 0 Å². The Morgan fingerprint density at radius 3 is 3.08 bits per heavy atom. The largest absolute Gasteiger partial charge is 0.378 e. The molecule has 0 aromatic carbocycles. The second-order valence-corrected chi connectivity index (χ2v) is 3.52. The number of aliphatic hydroxyl groups is 1. The maximum Gasteiger partial charge on any atom is 0.112 e. The molecular weight excluding hydrogens is 150 g/mol. The van der Waals surface area contributed by atoms with Gasteiger partial charge in [-0.2, -0.15) is 0 Å². The Balaban J connectivity index is 2.03. The highest BCUT2D eigenvalue weighted by Gasteiger charge is 2.39. The van der Waals surface area contributed by atoms with Crippen LogP contribution in [0.15, 0.2) is 23.8 Å². The maximum atomic E-state index is 9.61. The molecule has 1 aliphatic carbocycles. The van der Waals surface area contributed by atoms with Crippen molar-refractivity contribution in [3.8, 4) is 0 Å². The van der Waals surface area contributed by atoms with E-state index in [0.717, 1.165) is 12.8 Å². The van der Waals surface area contributed by atoms with Gasteiger partial charge in [-0.25, -0.2) is 0 Å². The molecule has 0 aromatic rings. The molecule has 2 rings (SSSR count). The van der Waals surface area contributed by atoms with Crippen molar-refractivity contribution in [2.45, 2.75) is 32.0 Å². The monoisotopic (exact) mass is 165 g/mol. The van der Waals surface area contributed by atoms with Crippen LogP contribution in [-0.2, 0) is 0 Å². The van der Waals surface area contributed by atoms with Crippen LogP contribution in [0, 0.1) is 5.92 Å². The number of fused-ring (bicyclic) bond motifs is 1. The first-order valence-corrected chi connectivity index (χ1v) is 4.58. The summed E-state index contributed by atoms with van der Waals surface area (Å²) in [6.07, 6.45) is 8.14. The summed E-state index contributed by atoms with van der Waals surface area (Å²) < 4.78 is 0. The summed E-state index contributed by atoms with van der Waals surface area (Å²) in [5.74, 6) is 0.333. The normalized spacial score (nSPS) is 39.5. The first kappa shape index (κ1) is 8.02. The maximum absolute atomic E-state index is 9.61. The molecular formula is C10H15NO. The standard InChI is InChI=1S/C10H15NO/c1-2-3-4-8-7-5-6-9(7)11-10(8)12/h2-3,5,8-12H,4,6H2,1H3/b3-2-/t8?,9-,10?/m1/s1. The fraction of sp³-hybridized carbons (Fsp3) is 0.600. The molecule has 0 aromatic heterocycles. The van der Waals surface area contributed by atoms with E-state index in [1.807, 2.05) is 13.0 Å². The highest BCUT2D eigenvalue weighted by molar-refractivity contribution is 5.31. The topological polar surface area (TPSA) is 32.3 Å². The van der Waals surface area contributed by atoms with Crippen molar-refractivity contribution in [1.82, 2.24) is 5.32 Å². The lowest BCUT2D eigenvalue weighted by atomic mass is 9.85. The van der Waals surface area contributed by atoms with Crippen molar-refractivity contribution in [2.24, 2.45) is 5.92 Å². The molecule has 2 aliphatic rings. The van der Waals surface area contributed by atoms with E-state index in [1.165, 1.54) is 5.57 Å². The average Bonchev–Trinajstić information content (AvgIpc) is 2.23. The van der Waals surface area contributed by atoms with E-state index in [0.29, 0.717) is 12.0 Å². The van der Waals surface area contributed by atoms with Gasteiger partial charge in [0.05, 0.1) is 0 Å². The minimum Gasteiger partial charge on any atom is -0.378 e. The third-order valence-electron chi connectivity index (χ3n) is 2.80. The summed E-state index contributed by atoms with van der Waals surface area (Å²) >= 11 is 0. The Bertz CT molecular complexity index is 232. The highest BCUT2D eigenvalue weighted by atomic mass is 16.3. The number of allylic oxidation sites excluding steroid dienone is 2. The Labute approximate surface area is 73.0 Å². The number of nitrogens with one attached hydrogen (secondary N) is 1. The lowest BCUT2D eigenvalue weighted by molar-refractivity contribution is 0.118. The molecule has 2 heteroatoms. The fourth-order valence-corrected chi connectivity index (χ4v) is 2.00. The molecule has 1 saturated heterocycles. The molecule has 0 saturated carbocycles. The fourth-order valence-electron chi connectivity index (χ4n) is 2.00. The molecule has 0 spiro atoms. The zero-order valence-corrected chi connectivity index (χ0v) is 7.33. The van der Waals surface area contributed by atoms with Gasteiger partial charge in [0.2, 0.25) is 0 Å². The highest BCUT2D eigenvalue weighted by Crippen LogP contribution is 2.36. The van der Waals surface area contributed by atoms with Crippen molar-refractivity contribution < 1.29 is 5.11 Å².